The Morgan fingerprint density at radius 1 is 1.30 bits per heavy atom. The van der Waals surface area contributed by atoms with Crippen LogP contribution in [-0.2, 0) is 6.18 Å². The predicted molar refractivity (Wildman–Crippen MR) is 79.8 cm³/mol. The Hall–Kier alpha value is -2.35. The molecule has 0 atom stereocenters. The second-order valence-electron chi connectivity index (χ2n) is 4.43. The highest BCUT2D eigenvalue weighted by molar-refractivity contribution is 6.28. The molecule has 2 N–H and O–H groups in total. The van der Waals surface area contributed by atoms with Crippen LogP contribution >= 0.6 is 11.6 Å². The first-order valence-electron chi connectivity index (χ1n) is 6.57. The number of hydrogen-bond donors (Lipinski definition) is 2. The maximum absolute atomic E-state index is 13.0. The fourth-order valence-corrected chi connectivity index (χ4v) is 1.97. The summed E-state index contributed by atoms with van der Waals surface area (Å²) in [5.41, 5.74) is -0.705. The topological polar surface area (TPSA) is 66.9 Å². The van der Waals surface area contributed by atoms with Crippen LogP contribution in [0.5, 0.6) is 0 Å². The molecule has 5 nitrogen and oxygen atoms in total. The molecular formula is C14H12ClF3N4O. The Morgan fingerprint density at radius 2 is 2.00 bits per heavy atom. The van der Waals surface area contributed by atoms with Crippen molar-refractivity contribution in [1.29, 1.82) is 0 Å². The number of nitrogens with zero attached hydrogens (tertiary/aromatic N) is 2. The summed E-state index contributed by atoms with van der Waals surface area (Å²) in [7, 11) is 0. The summed E-state index contributed by atoms with van der Waals surface area (Å²) < 4.78 is 39.1. The smallest absolute Gasteiger partial charge is 0.352 e. The molecule has 0 aliphatic rings. The molecule has 0 radical (unpaired) electrons. The van der Waals surface area contributed by atoms with Gasteiger partial charge in [0.25, 0.3) is 5.91 Å². The van der Waals surface area contributed by atoms with Crippen LogP contribution in [0.25, 0.3) is 0 Å². The van der Waals surface area contributed by atoms with Crippen LogP contribution < -0.4 is 10.6 Å². The first-order valence-corrected chi connectivity index (χ1v) is 6.94. The number of nitrogens with one attached hydrogen (secondary N) is 2. The number of halogens is 4. The van der Waals surface area contributed by atoms with Crippen LogP contribution in [0.1, 0.15) is 22.8 Å². The molecule has 0 saturated heterocycles. The van der Waals surface area contributed by atoms with E-state index >= 15 is 0 Å². The molecule has 122 valence electrons. The summed E-state index contributed by atoms with van der Waals surface area (Å²) in [6, 6.07) is 6.15. The molecular weight excluding hydrogens is 333 g/mol. The zero-order valence-corrected chi connectivity index (χ0v) is 12.7. The Morgan fingerprint density at radius 3 is 2.65 bits per heavy atom. The number of alkyl halides is 3. The Balaban J connectivity index is 2.44. The molecule has 1 amide bonds. The van der Waals surface area contributed by atoms with E-state index in [1.165, 1.54) is 12.1 Å². The van der Waals surface area contributed by atoms with E-state index in [0.717, 1.165) is 0 Å². The first kappa shape index (κ1) is 17.0. The monoisotopic (exact) mass is 344 g/mol. The molecule has 23 heavy (non-hydrogen) atoms. The van der Waals surface area contributed by atoms with Crippen molar-refractivity contribution < 1.29 is 18.0 Å². The highest BCUT2D eigenvalue weighted by Gasteiger charge is 2.35. The minimum Gasteiger partial charge on any atom is -0.352 e. The van der Waals surface area contributed by atoms with Gasteiger partial charge in [0, 0.05) is 12.7 Å². The van der Waals surface area contributed by atoms with Gasteiger partial charge in [0.1, 0.15) is 11.4 Å². The van der Waals surface area contributed by atoms with Crippen LogP contribution in [0.15, 0.2) is 30.5 Å². The average molecular weight is 345 g/mol. The predicted octanol–water partition coefficient (Wildman–Crippen LogP) is 3.64. The number of carbonyl (C=O) groups excluding carboxylic acids is 1. The minimum atomic E-state index is -4.66. The Bertz CT molecular complexity index is 721. The van der Waals surface area contributed by atoms with Crippen molar-refractivity contribution in [3.63, 3.8) is 0 Å². The average Bonchev–Trinajstić information content (AvgIpc) is 2.46. The van der Waals surface area contributed by atoms with Crippen molar-refractivity contribution in [2.45, 2.75) is 13.1 Å². The zero-order chi connectivity index (χ0) is 17.0. The standard InChI is InChI=1S/C14H12ClF3N4O/c1-2-19-12(23)8-5-3-4-6-10(8)21-11-9(14(16,17)18)7-20-13(15)22-11/h3-7H,2H2,1H3,(H,19,23)(H,20,21,22). The molecule has 0 spiro atoms. The van der Waals surface area contributed by atoms with Crippen molar-refractivity contribution in [1.82, 2.24) is 15.3 Å². The summed E-state index contributed by atoms with van der Waals surface area (Å²) in [6.45, 7) is 2.13. The first-order chi connectivity index (χ1) is 10.8. The molecule has 0 fully saturated rings. The van der Waals surface area contributed by atoms with Gasteiger partial charge in [0.2, 0.25) is 5.28 Å². The van der Waals surface area contributed by atoms with Gasteiger partial charge in [-0.05, 0) is 30.7 Å². The summed E-state index contributed by atoms with van der Waals surface area (Å²) in [5.74, 6) is -0.932. The fourth-order valence-electron chi connectivity index (χ4n) is 1.84. The highest BCUT2D eigenvalue weighted by atomic mass is 35.5. The lowest BCUT2D eigenvalue weighted by atomic mass is 10.1. The number of anilines is 2. The second kappa shape index (κ2) is 6.82. The second-order valence-corrected chi connectivity index (χ2v) is 4.77. The van der Waals surface area contributed by atoms with E-state index in [4.69, 9.17) is 11.6 Å². The van der Waals surface area contributed by atoms with Gasteiger partial charge in [-0.25, -0.2) is 4.98 Å². The molecule has 1 aromatic carbocycles. The van der Waals surface area contributed by atoms with Crippen molar-refractivity contribution in [3.05, 3.63) is 46.9 Å². The van der Waals surface area contributed by atoms with E-state index in [-0.39, 0.29) is 16.5 Å². The number of benzene rings is 1. The summed E-state index contributed by atoms with van der Waals surface area (Å²) in [5, 5.41) is 4.76. The SMILES string of the molecule is CCNC(=O)c1ccccc1Nc1nc(Cl)ncc1C(F)(F)F. The number of aromatic nitrogens is 2. The van der Waals surface area contributed by atoms with E-state index in [1.807, 2.05) is 0 Å². The van der Waals surface area contributed by atoms with Gasteiger partial charge in [-0.1, -0.05) is 12.1 Å². The highest BCUT2D eigenvalue weighted by Crippen LogP contribution is 2.35. The van der Waals surface area contributed by atoms with E-state index in [2.05, 4.69) is 20.6 Å². The maximum Gasteiger partial charge on any atom is 0.421 e. The number of amides is 1. The number of para-hydroxylation sites is 1. The maximum atomic E-state index is 13.0. The fraction of sp³-hybridized carbons (Fsp3) is 0.214. The summed E-state index contributed by atoms with van der Waals surface area (Å²) in [4.78, 5) is 18.9. The molecule has 1 heterocycles. The molecule has 0 bridgehead atoms. The number of carbonyl (C=O) groups is 1. The van der Waals surface area contributed by atoms with Crippen molar-refractivity contribution in [2.24, 2.45) is 0 Å². The molecule has 0 aliphatic heterocycles. The van der Waals surface area contributed by atoms with E-state index < -0.39 is 23.5 Å². The van der Waals surface area contributed by atoms with E-state index in [0.29, 0.717) is 12.7 Å². The number of rotatable bonds is 4. The van der Waals surface area contributed by atoms with Crippen LogP contribution in [0.4, 0.5) is 24.7 Å². The zero-order valence-electron chi connectivity index (χ0n) is 11.9. The normalized spacial score (nSPS) is 11.2. The van der Waals surface area contributed by atoms with Gasteiger partial charge >= 0.3 is 6.18 Å². The van der Waals surface area contributed by atoms with E-state index in [9.17, 15) is 18.0 Å². The van der Waals surface area contributed by atoms with Gasteiger partial charge in [0.15, 0.2) is 0 Å². The lowest BCUT2D eigenvalue weighted by molar-refractivity contribution is -0.137. The van der Waals surface area contributed by atoms with Crippen molar-refractivity contribution >= 4 is 29.0 Å². The summed E-state index contributed by atoms with van der Waals surface area (Å²) in [6.07, 6.45) is -4.07. The lowest BCUT2D eigenvalue weighted by Crippen LogP contribution is -2.23. The van der Waals surface area contributed by atoms with Crippen LogP contribution in [0.3, 0.4) is 0 Å². The largest absolute Gasteiger partial charge is 0.421 e. The molecule has 0 unspecified atom stereocenters. The van der Waals surface area contributed by atoms with Crippen LogP contribution in [0.2, 0.25) is 5.28 Å². The van der Waals surface area contributed by atoms with Gasteiger partial charge in [-0.3, -0.25) is 4.79 Å². The Labute approximate surface area is 134 Å². The minimum absolute atomic E-state index is 0.179. The van der Waals surface area contributed by atoms with Crippen LogP contribution in [-0.4, -0.2) is 22.4 Å². The Kier molecular flexibility index (Phi) is 5.05. The van der Waals surface area contributed by atoms with E-state index in [1.54, 1.807) is 19.1 Å². The van der Waals surface area contributed by atoms with Gasteiger partial charge in [-0.15, -0.1) is 0 Å². The molecule has 9 heteroatoms. The summed E-state index contributed by atoms with van der Waals surface area (Å²) >= 11 is 5.58. The quantitative estimate of drug-likeness (QED) is 0.831. The third-order valence-electron chi connectivity index (χ3n) is 2.83. The van der Waals surface area contributed by atoms with Gasteiger partial charge < -0.3 is 10.6 Å². The molecule has 2 rings (SSSR count). The third kappa shape index (κ3) is 4.10. The molecule has 0 saturated carbocycles. The van der Waals surface area contributed by atoms with Gasteiger partial charge in [0.05, 0.1) is 11.3 Å². The van der Waals surface area contributed by atoms with Crippen LogP contribution in [0, 0.1) is 0 Å². The third-order valence-corrected chi connectivity index (χ3v) is 3.01. The number of hydrogen-bond acceptors (Lipinski definition) is 4. The molecule has 0 aliphatic carbocycles. The lowest BCUT2D eigenvalue weighted by Gasteiger charge is -2.15. The van der Waals surface area contributed by atoms with Gasteiger partial charge in [-0.2, -0.15) is 18.2 Å². The van der Waals surface area contributed by atoms with Crippen molar-refractivity contribution in [2.75, 3.05) is 11.9 Å². The molecule has 1 aromatic heterocycles. The molecule has 2 aromatic rings. The van der Waals surface area contributed by atoms with Crippen molar-refractivity contribution in [3.8, 4) is 0 Å².